The molecule has 21 heavy (non-hydrogen) atoms. The lowest BCUT2D eigenvalue weighted by molar-refractivity contribution is 1.04. The molecule has 4 nitrogen and oxygen atoms in total. The van der Waals surface area contributed by atoms with Gasteiger partial charge in [-0.1, -0.05) is 30.3 Å². The summed E-state index contributed by atoms with van der Waals surface area (Å²) >= 11 is 1.43. The lowest BCUT2D eigenvalue weighted by atomic mass is 10.1. The van der Waals surface area contributed by atoms with Gasteiger partial charge in [-0.25, -0.2) is 9.97 Å². The number of nitrogens with one attached hydrogen (secondary N) is 1. The Morgan fingerprint density at radius 1 is 1.10 bits per heavy atom. The van der Waals surface area contributed by atoms with Gasteiger partial charge in [-0.15, -0.1) is 11.8 Å². The van der Waals surface area contributed by atoms with Crippen LogP contribution in [-0.2, 0) is 0 Å². The van der Waals surface area contributed by atoms with Gasteiger partial charge in [0, 0.05) is 5.69 Å². The van der Waals surface area contributed by atoms with E-state index >= 15 is 0 Å². The van der Waals surface area contributed by atoms with Crippen LogP contribution in [0, 0.1) is 11.3 Å². The number of thioether (sulfide) groups is 1. The predicted octanol–water partition coefficient (Wildman–Crippen LogP) is 3.97. The molecule has 0 amide bonds. The van der Waals surface area contributed by atoms with E-state index < -0.39 is 0 Å². The van der Waals surface area contributed by atoms with Crippen molar-refractivity contribution in [1.29, 1.82) is 5.26 Å². The minimum Gasteiger partial charge on any atom is -0.339 e. The van der Waals surface area contributed by atoms with Crippen LogP contribution < -0.4 is 5.32 Å². The minimum atomic E-state index is 0.471. The quantitative estimate of drug-likeness (QED) is 0.584. The molecule has 102 valence electrons. The second kappa shape index (κ2) is 5.81. The molecule has 1 N–H and O–H groups in total. The van der Waals surface area contributed by atoms with Gasteiger partial charge in [-0.05, 0) is 29.2 Å². The van der Waals surface area contributed by atoms with Crippen LogP contribution in [0.15, 0.2) is 53.8 Å². The number of nitrogens with zero attached hydrogens (tertiary/aromatic N) is 3. The van der Waals surface area contributed by atoms with E-state index in [1.165, 1.54) is 23.5 Å². The summed E-state index contributed by atoms with van der Waals surface area (Å²) in [4.78, 5) is 8.29. The molecule has 1 aromatic heterocycles. The fraction of sp³-hybridized carbons (Fsp3) is 0.0625. The molecule has 1 heterocycles. The van der Waals surface area contributed by atoms with Gasteiger partial charge in [0.15, 0.2) is 5.82 Å². The van der Waals surface area contributed by atoms with E-state index in [4.69, 9.17) is 0 Å². The van der Waals surface area contributed by atoms with Gasteiger partial charge < -0.3 is 5.32 Å². The van der Waals surface area contributed by atoms with Crippen LogP contribution in [0.5, 0.6) is 0 Å². The number of rotatable bonds is 3. The van der Waals surface area contributed by atoms with Crippen molar-refractivity contribution >= 4 is 34.0 Å². The second-order valence-corrected chi connectivity index (χ2v) is 5.20. The lowest BCUT2D eigenvalue weighted by Crippen LogP contribution is -2.00. The van der Waals surface area contributed by atoms with Gasteiger partial charge in [0.05, 0.1) is 0 Å². The van der Waals surface area contributed by atoms with E-state index in [1.807, 2.05) is 36.6 Å². The van der Waals surface area contributed by atoms with Crippen LogP contribution in [0.1, 0.15) is 5.56 Å². The van der Waals surface area contributed by atoms with Gasteiger partial charge in [-0.3, -0.25) is 0 Å². The Morgan fingerprint density at radius 3 is 2.67 bits per heavy atom. The monoisotopic (exact) mass is 292 g/mol. The van der Waals surface area contributed by atoms with E-state index in [0.717, 1.165) is 11.1 Å². The second-order valence-electron chi connectivity index (χ2n) is 4.41. The molecule has 0 bridgehead atoms. The van der Waals surface area contributed by atoms with Crippen molar-refractivity contribution in [3.8, 4) is 6.07 Å². The van der Waals surface area contributed by atoms with Crippen molar-refractivity contribution < 1.29 is 0 Å². The highest BCUT2D eigenvalue weighted by molar-refractivity contribution is 7.98. The highest BCUT2D eigenvalue weighted by Gasteiger charge is 2.10. The molecular formula is C16H12N4S. The Labute approximate surface area is 126 Å². The molecule has 0 radical (unpaired) electrons. The summed E-state index contributed by atoms with van der Waals surface area (Å²) in [7, 11) is 0. The van der Waals surface area contributed by atoms with Crippen LogP contribution >= 0.6 is 11.8 Å². The van der Waals surface area contributed by atoms with Crippen LogP contribution in [0.2, 0.25) is 0 Å². The molecular weight excluding hydrogens is 280 g/mol. The van der Waals surface area contributed by atoms with E-state index in [2.05, 4.69) is 33.5 Å². The normalized spacial score (nSPS) is 10.3. The highest BCUT2D eigenvalue weighted by Crippen LogP contribution is 2.26. The van der Waals surface area contributed by atoms with Crippen LogP contribution in [0.25, 0.3) is 10.8 Å². The molecule has 0 spiro atoms. The van der Waals surface area contributed by atoms with Crippen LogP contribution in [0.3, 0.4) is 0 Å². The number of fused-ring (bicyclic) bond motifs is 1. The van der Waals surface area contributed by atoms with Crippen molar-refractivity contribution in [2.75, 3.05) is 11.6 Å². The number of aromatic nitrogens is 2. The zero-order valence-corrected chi connectivity index (χ0v) is 12.2. The first kappa shape index (κ1) is 13.4. The number of anilines is 2. The zero-order valence-electron chi connectivity index (χ0n) is 11.4. The van der Waals surface area contributed by atoms with E-state index in [0.29, 0.717) is 16.4 Å². The fourth-order valence-corrected chi connectivity index (χ4v) is 2.62. The predicted molar refractivity (Wildman–Crippen MR) is 85.8 cm³/mol. The summed E-state index contributed by atoms with van der Waals surface area (Å²) in [6, 6.07) is 16.4. The van der Waals surface area contributed by atoms with Gasteiger partial charge in [0.1, 0.15) is 23.0 Å². The van der Waals surface area contributed by atoms with E-state index in [-0.39, 0.29) is 0 Å². The maximum Gasteiger partial charge on any atom is 0.152 e. The molecule has 0 saturated carbocycles. The molecule has 0 unspecified atom stereocenters. The van der Waals surface area contributed by atoms with Crippen molar-refractivity contribution in [1.82, 2.24) is 9.97 Å². The minimum absolute atomic E-state index is 0.471. The molecule has 0 fully saturated rings. The third-order valence-corrected chi connectivity index (χ3v) is 3.83. The maximum absolute atomic E-state index is 9.30. The fourth-order valence-electron chi connectivity index (χ4n) is 2.12. The Balaban J connectivity index is 2.01. The standard InChI is InChI=1S/C16H12N4S/c1-21-16-14(9-17)15(18-10-19-16)20-13-7-6-11-4-2-3-5-12(11)8-13/h2-8,10H,1H3,(H,18,19,20). The van der Waals surface area contributed by atoms with Gasteiger partial charge in [0.25, 0.3) is 0 Å². The Hall–Kier alpha value is -2.58. The van der Waals surface area contributed by atoms with E-state index in [1.54, 1.807) is 0 Å². The summed E-state index contributed by atoms with van der Waals surface area (Å²) in [5, 5.41) is 15.5. The van der Waals surface area contributed by atoms with Crippen molar-refractivity contribution in [2.45, 2.75) is 5.03 Å². The average Bonchev–Trinajstić information content (AvgIpc) is 2.54. The number of hydrogen-bond acceptors (Lipinski definition) is 5. The lowest BCUT2D eigenvalue weighted by Gasteiger charge is -2.09. The third-order valence-electron chi connectivity index (χ3n) is 3.13. The number of benzene rings is 2. The summed E-state index contributed by atoms with van der Waals surface area (Å²) in [6.07, 6.45) is 3.36. The Kier molecular flexibility index (Phi) is 3.71. The molecule has 3 aromatic rings. The van der Waals surface area contributed by atoms with Crippen LogP contribution in [-0.4, -0.2) is 16.2 Å². The summed E-state index contributed by atoms with van der Waals surface area (Å²) in [6.45, 7) is 0. The smallest absolute Gasteiger partial charge is 0.152 e. The molecule has 5 heteroatoms. The molecule has 2 aromatic carbocycles. The first-order valence-electron chi connectivity index (χ1n) is 6.36. The number of hydrogen-bond donors (Lipinski definition) is 1. The van der Waals surface area contributed by atoms with Gasteiger partial charge in [0.2, 0.25) is 0 Å². The number of nitriles is 1. The highest BCUT2D eigenvalue weighted by atomic mass is 32.2. The summed E-state index contributed by atoms with van der Waals surface area (Å²) in [5.41, 5.74) is 1.37. The first-order valence-corrected chi connectivity index (χ1v) is 7.59. The molecule has 0 aliphatic heterocycles. The summed E-state index contributed by atoms with van der Waals surface area (Å²) < 4.78 is 0. The Morgan fingerprint density at radius 2 is 1.90 bits per heavy atom. The van der Waals surface area contributed by atoms with Crippen molar-refractivity contribution in [3.63, 3.8) is 0 Å². The third kappa shape index (κ3) is 2.67. The molecule has 0 aliphatic carbocycles. The average molecular weight is 292 g/mol. The molecule has 0 saturated heterocycles. The molecule has 0 aliphatic rings. The Bertz CT molecular complexity index is 839. The van der Waals surface area contributed by atoms with Crippen molar-refractivity contribution in [3.05, 3.63) is 54.4 Å². The van der Waals surface area contributed by atoms with Crippen LogP contribution in [0.4, 0.5) is 11.5 Å². The topological polar surface area (TPSA) is 61.6 Å². The summed E-state index contributed by atoms with van der Waals surface area (Å²) in [5.74, 6) is 0.534. The van der Waals surface area contributed by atoms with Gasteiger partial charge >= 0.3 is 0 Å². The van der Waals surface area contributed by atoms with Gasteiger partial charge in [-0.2, -0.15) is 5.26 Å². The molecule has 0 atom stereocenters. The largest absolute Gasteiger partial charge is 0.339 e. The SMILES string of the molecule is CSc1ncnc(Nc2ccc3ccccc3c2)c1C#N. The maximum atomic E-state index is 9.30. The first-order chi connectivity index (χ1) is 10.3. The van der Waals surface area contributed by atoms with Crippen molar-refractivity contribution in [2.24, 2.45) is 0 Å². The zero-order chi connectivity index (χ0) is 14.7. The van der Waals surface area contributed by atoms with E-state index in [9.17, 15) is 5.26 Å². The molecule has 3 rings (SSSR count).